The summed E-state index contributed by atoms with van der Waals surface area (Å²) in [5.74, 6) is 0. The van der Waals surface area contributed by atoms with Crippen molar-refractivity contribution >= 4 is 28.1 Å². The third-order valence-electron chi connectivity index (χ3n) is 0.759. The lowest BCUT2D eigenvalue weighted by Crippen LogP contribution is -2.41. The molecule has 0 bridgehead atoms. The van der Waals surface area contributed by atoms with Crippen molar-refractivity contribution in [3.8, 4) is 0 Å². The van der Waals surface area contributed by atoms with Gasteiger partial charge in [0.05, 0.1) is 20.3 Å². The fraction of sp³-hybridized carbons (Fsp3) is 0.667. The molecule has 0 aromatic rings. The number of hydrogen-bond acceptors (Lipinski definition) is 1. The molecular formula is C3H6B2OSi. The summed E-state index contributed by atoms with van der Waals surface area (Å²) < 4.78 is 0. The SMILES string of the molecule is [B][Si]([B])(C)C(C)=O. The predicted octanol–water partition coefficient (Wildman–Crippen LogP) is -0.476. The highest BCUT2D eigenvalue weighted by Crippen LogP contribution is 1.87. The lowest BCUT2D eigenvalue weighted by atomic mass is 10.7. The van der Waals surface area contributed by atoms with Crippen molar-refractivity contribution in [3.05, 3.63) is 0 Å². The Morgan fingerprint density at radius 2 is 1.71 bits per heavy atom. The van der Waals surface area contributed by atoms with Gasteiger partial charge in [-0.1, -0.05) is 6.55 Å². The van der Waals surface area contributed by atoms with Crippen molar-refractivity contribution in [1.82, 2.24) is 0 Å². The van der Waals surface area contributed by atoms with E-state index in [1.54, 1.807) is 6.55 Å². The van der Waals surface area contributed by atoms with Gasteiger partial charge in [0.1, 0.15) is 0 Å². The average molecular weight is 108 g/mol. The highest BCUT2D eigenvalue weighted by molar-refractivity contribution is 7.53. The van der Waals surface area contributed by atoms with Crippen LogP contribution in [0.15, 0.2) is 0 Å². The molecular weight excluding hydrogens is 102 g/mol. The van der Waals surface area contributed by atoms with Gasteiger partial charge >= 0.3 is 0 Å². The summed E-state index contributed by atoms with van der Waals surface area (Å²) in [6.45, 7) is 3.03. The van der Waals surface area contributed by atoms with Crippen LogP contribution in [-0.2, 0) is 4.79 Å². The first kappa shape index (κ1) is 7.02. The standard InChI is InChI=1S/C3H6B2OSi/c1-3(6)7(2,4)5/h1-2H3. The van der Waals surface area contributed by atoms with Crippen molar-refractivity contribution in [1.29, 1.82) is 0 Å². The van der Waals surface area contributed by atoms with Crippen molar-refractivity contribution in [2.24, 2.45) is 0 Å². The van der Waals surface area contributed by atoms with E-state index in [0.29, 0.717) is 0 Å². The summed E-state index contributed by atoms with van der Waals surface area (Å²) in [4.78, 5) is 10.3. The van der Waals surface area contributed by atoms with Gasteiger partial charge in [0, 0.05) is 7.81 Å². The lowest BCUT2D eigenvalue weighted by Gasteiger charge is -2.09. The number of carbonyl (C=O) groups is 1. The molecule has 4 radical (unpaired) electrons. The molecule has 4 heteroatoms. The maximum atomic E-state index is 10.3. The normalized spacial score (nSPS) is 11.1. The molecule has 7 heavy (non-hydrogen) atoms. The molecule has 0 aliphatic rings. The van der Waals surface area contributed by atoms with E-state index in [9.17, 15) is 4.79 Å². The molecule has 0 amide bonds. The van der Waals surface area contributed by atoms with Crippen LogP contribution in [0.1, 0.15) is 6.92 Å². The van der Waals surface area contributed by atoms with E-state index < -0.39 is 7.81 Å². The quantitative estimate of drug-likeness (QED) is 0.414. The first-order valence-electron chi connectivity index (χ1n) is 2.03. The summed E-state index contributed by atoms with van der Waals surface area (Å²) in [5.41, 5.74) is 0. The van der Waals surface area contributed by atoms with Crippen LogP contribution in [0.4, 0.5) is 0 Å². The molecule has 0 spiro atoms. The summed E-state index contributed by atoms with van der Waals surface area (Å²) in [6, 6.07) is 0. The van der Waals surface area contributed by atoms with Gasteiger partial charge in [-0.3, -0.25) is 0 Å². The number of carbonyl (C=O) groups excluding carboxylic acids is 1. The van der Waals surface area contributed by atoms with Crippen LogP contribution in [0, 0.1) is 0 Å². The highest BCUT2D eigenvalue weighted by Gasteiger charge is 2.16. The van der Waals surface area contributed by atoms with Gasteiger partial charge in [0.2, 0.25) is 0 Å². The van der Waals surface area contributed by atoms with Gasteiger partial charge in [-0.25, -0.2) is 0 Å². The van der Waals surface area contributed by atoms with Crippen LogP contribution in [-0.4, -0.2) is 28.1 Å². The molecule has 0 aliphatic carbocycles. The molecule has 0 unspecified atom stereocenters. The summed E-state index contributed by atoms with van der Waals surface area (Å²) in [7, 11) is 8.12. The topological polar surface area (TPSA) is 17.1 Å². The number of hydrogen-bond donors (Lipinski definition) is 0. The van der Waals surface area contributed by atoms with E-state index in [1.165, 1.54) is 6.92 Å². The molecule has 0 saturated heterocycles. The molecule has 1 nitrogen and oxygen atoms in total. The fourth-order valence-electron chi connectivity index (χ4n) is 0. The van der Waals surface area contributed by atoms with Crippen LogP contribution in [0.3, 0.4) is 0 Å². The second-order valence-electron chi connectivity index (χ2n) is 1.84. The van der Waals surface area contributed by atoms with Crippen molar-refractivity contribution < 1.29 is 4.79 Å². The van der Waals surface area contributed by atoms with Crippen LogP contribution in [0.5, 0.6) is 0 Å². The highest BCUT2D eigenvalue weighted by atomic mass is 28.3. The first-order chi connectivity index (χ1) is 2.94. The second-order valence-corrected chi connectivity index (χ2v) is 5.11. The minimum absolute atomic E-state index is 0.0625. The van der Waals surface area contributed by atoms with E-state index in [1.807, 2.05) is 0 Å². The van der Waals surface area contributed by atoms with Crippen LogP contribution >= 0.6 is 0 Å². The molecule has 0 aromatic carbocycles. The fourth-order valence-corrected chi connectivity index (χ4v) is 0. The molecule has 0 aliphatic heterocycles. The van der Waals surface area contributed by atoms with E-state index in [-0.39, 0.29) is 5.41 Å². The van der Waals surface area contributed by atoms with E-state index in [4.69, 9.17) is 14.9 Å². The smallest absolute Gasteiger partial charge is 0.0913 e. The Kier molecular flexibility index (Phi) is 1.87. The zero-order valence-electron chi connectivity index (χ0n) is 4.56. The Bertz CT molecular complexity index is 85.4. The van der Waals surface area contributed by atoms with E-state index in [0.717, 1.165) is 0 Å². The molecule has 0 atom stereocenters. The Morgan fingerprint density at radius 3 is 1.71 bits per heavy atom. The van der Waals surface area contributed by atoms with Gasteiger partial charge in [-0.05, 0) is 6.92 Å². The molecule has 0 N–H and O–H groups in total. The van der Waals surface area contributed by atoms with Crippen LogP contribution < -0.4 is 0 Å². The Morgan fingerprint density at radius 1 is 1.57 bits per heavy atom. The summed E-state index contributed by atoms with van der Waals surface area (Å²) in [6.07, 6.45) is 0. The monoisotopic (exact) mass is 108 g/mol. The molecule has 0 rings (SSSR count). The zero-order valence-corrected chi connectivity index (χ0v) is 5.56. The van der Waals surface area contributed by atoms with Crippen molar-refractivity contribution in [2.45, 2.75) is 13.5 Å². The largest absolute Gasteiger partial charge is 0.307 e. The van der Waals surface area contributed by atoms with Gasteiger partial charge in [0.25, 0.3) is 0 Å². The predicted molar refractivity (Wildman–Crippen MR) is 33.8 cm³/mol. The van der Waals surface area contributed by atoms with E-state index >= 15 is 0 Å². The second kappa shape index (κ2) is 1.86. The van der Waals surface area contributed by atoms with Gasteiger partial charge < -0.3 is 4.79 Å². The summed E-state index contributed by atoms with van der Waals surface area (Å²) >= 11 is 0. The molecule has 0 saturated carbocycles. The van der Waals surface area contributed by atoms with Crippen molar-refractivity contribution in [3.63, 3.8) is 0 Å². The Balaban J connectivity index is 3.79. The van der Waals surface area contributed by atoms with Crippen LogP contribution in [0.25, 0.3) is 0 Å². The molecule has 0 fully saturated rings. The van der Waals surface area contributed by atoms with Gasteiger partial charge in [-0.2, -0.15) is 0 Å². The minimum Gasteiger partial charge on any atom is -0.307 e. The summed E-state index contributed by atoms with van der Waals surface area (Å²) in [5, 5.41) is -0.0625. The maximum absolute atomic E-state index is 10.3. The molecule has 0 heterocycles. The van der Waals surface area contributed by atoms with Gasteiger partial charge in [0.15, 0.2) is 0 Å². The maximum Gasteiger partial charge on any atom is 0.0913 e. The van der Waals surface area contributed by atoms with Crippen LogP contribution in [0.2, 0.25) is 6.55 Å². The van der Waals surface area contributed by atoms with Crippen molar-refractivity contribution in [2.75, 3.05) is 0 Å². The Hall–Kier alpha value is 0.0168. The Labute approximate surface area is 47.2 Å². The number of rotatable bonds is 1. The first-order valence-corrected chi connectivity index (χ1v) is 4.69. The third kappa shape index (κ3) is 2.68. The molecule has 34 valence electrons. The lowest BCUT2D eigenvalue weighted by molar-refractivity contribution is -0.110. The minimum atomic E-state index is -2.37. The van der Waals surface area contributed by atoms with E-state index in [2.05, 4.69) is 0 Å². The third-order valence-corrected chi connectivity index (χ3v) is 2.28. The zero-order chi connectivity index (χ0) is 6.08. The van der Waals surface area contributed by atoms with Gasteiger partial charge in [-0.15, -0.1) is 0 Å². The average Bonchev–Trinajstić information content (AvgIpc) is 1.31. The molecule has 0 aromatic heterocycles.